The molecule has 0 saturated heterocycles. The van der Waals surface area contributed by atoms with Crippen molar-refractivity contribution >= 4 is 23.4 Å². The van der Waals surface area contributed by atoms with Crippen LogP contribution in [-0.4, -0.2) is 24.2 Å². The van der Waals surface area contributed by atoms with E-state index in [-0.39, 0.29) is 18.3 Å². The average Bonchev–Trinajstić information content (AvgIpc) is 1.83. The third-order valence-electron chi connectivity index (χ3n) is 0.546. The van der Waals surface area contributed by atoms with Crippen LogP contribution in [0.1, 0.15) is 6.92 Å². The number of ketones is 1. The van der Waals surface area contributed by atoms with Crippen molar-refractivity contribution in [3.8, 4) is 0 Å². The summed E-state index contributed by atoms with van der Waals surface area (Å²) in [6.45, 7) is 1.16. The molecular formula is C5H7ClO3. The minimum absolute atomic E-state index is 0.175. The Morgan fingerprint density at radius 1 is 1.56 bits per heavy atom. The van der Waals surface area contributed by atoms with Crippen molar-refractivity contribution in [1.29, 1.82) is 0 Å². The molecule has 0 bridgehead atoms. The van der Waals surface area contributed by atoms with Crippen molar-refractivity contribution in [1.82, 2.24) is 0 Å². The Hall–Kier alpha value is -0.570. The van der Waals surface area contributed by atoms with Crippen molar-refractivity contribution < 1.29 is 14.3 Å². The average molecular weight is 151 g/mol. The highest BCUT2D eigenvalue weighted by atomic mass is 35.5. The molecule has 3 nitrogen and oxygen atoms in total. The summed E-state index contributed by atoms with van der Waals surface area (Å²) in [4.78, 5) is 20.4. The standard InChI is InChI=1S/C5H7ClO3/c1-4(7)3-9-5(8)2-6/h2-3H2,1H3. The summed E-state index contributed by atoms with van der Waals surface area (Å²) in [6, 6.07) is 0. The highest BCUT2D eigenvalue weighted by Crippen LogP contribution is 1.82. The summed E-state index contributed by atoms with van der Waals surface area (Å²) in [5, 5.41) is 0. The summed E-state index contributed by atoms with van der Waals surface area (Å²) >= 11 is 5.05. The zero-order valence-corrected chi connectivity index (χ0v) is 5.77. The van der Waals surface area contributed by atoms with Gasteiger partial charge in [0.05, 0.1) is 0 Å². The number of halogens is 1. The highest BCUT2D eigenvalue weighted by molar-refractivity contribution is 6.26. The van der Waals surface area contributed by atoms with Crippen molar-refractivity contribution in [2.24, 2.45) is 0 Å². The zero-order valence-electron chi connectivity index (χ0n) is 5.02. The van der Waals surface area contributed by atoms with E-state index in [1.54, 1.807) is 0 Å². The lowest BCUT2D eigenvalue weighted by Crippen LogP contribution is -2.11. The summed E-state index contributed by atoms with van der Waals surface area (Å²) in [5.41, 5.74) is 0. The molecule has 0 amide bonds. The number of Topliss-reactive ketones (excluding diaryl/α,β-unsaturated/α-hetero) is 1. The van der Waals surface area contributed by atoms with Gasteiger partial charge in [0.25, 0.3) is 0 Å². The van der Waals surface area contributed by atoms with Gasteiger partial charge in [0, 0.05) is 0 Å². The number of alkyl halides is 1. The summed E-state index contributed by atoms with van der Waals surface area (Å²) in [6.07, 6.45) is 0. The van der Waals surface area contributed by atoms with Crippen LogP contribution >= 0.6 is 11.6 Å². The van der Waals surface area contributed by atoms with Crippen LogP contribution in [0.25, 0.3) is 0 Å². The van der Waals surface area contributed by atoms with E-state index in [9.17, 15) is 9.59 Å². The number of carbonyl (C=O) groups is 2. The first kappa shape index (κ1) is 8.43. The number of hydrogen-bond donors (Lipinski definition) is 0. The third-order valence-corrected chi connectivity index (χ3v) is 0.764. The molecule has 0 aliphatic rings. The first-order chi connectivity index (χ1) is 4.16. The fraction of sp³-hybridized carbons (Fsp3) is 0.600. The maximum Gasteiger partial charge on any atom is 0.321 e. The van der Waals surface area contributed by atoms with Crippen molar-refractivity contribution in [3.05, 3.63) is 0 Å². The largest absolute Gasteiger partial charge is 0.457 e. The molecule has 0 aromatic rings. The number of esters is 1. The lowest BCUT2D eigenvalue weighted by molar-refractivity contribution is -0.144. The fourth-order valence-corrected chi connectivity index (χ4v) is 0.298. The van der Waals surface area contributed by atoms with E-state index in [2.05, 4.69) is 4.74 Å². The van der Waals surface area contributed by atoms with Gasteiger partial charge in [-0.3, -0.25) is 9.59 Å². The Morgan fingerprint density at radius 3 is 2.44 bits per heavy atom. The molecule has 0 radical (unpaired) electrons. The Kier molecular flexibility index (Phi) is 4.05. The van der Waals surface area contributed by atoms with Gasteiger partial charge in [-0.2, -0.15) is 0 Å². The van der Waals surface area contributed by atoms with Crippen molar-refractivity contribution in [3.63, 3.8) is 0 Å². The SMILES string of the molecule is CC(=O)COC(=O)CCl. The molecule has 0 unspecified atom stereocenters. The first-order valence-corrected chi connectivity index (χ1v) is 2.91. The van der Waals surface area contributed by atoms with Gasteiger partial charge < -0.3 is 4.74 Å². The van der Waals surface area contributed by atoms with Crippen LogP contribution in [0.5, 0.6) is 0 Å². The molecule has 0 atom stereocenters. The zero-order chi connectivity index (χ0) is 7.28. The molecule has 0 rings (SSSR count). The molecule has 4 heteroatoms. The van der Waals surface area contributed by atoms with Gasteiger partial charge in [0.1, 0.15) is 12.5 Å². The van der Waals surface area contributed by atoms with Crippen LogP contribution in [0.3, 0.4) is 0 Å². The molecule has 0 saturated carbocycles. The quantitative estimate of drug-likeness (QED) is 0.431. The topological polar surface area (TPSA) is 43.4 Å². The van der Waals surface area contributed by atoms with Crippen LogP contribution in [0.15, 0.2) is 0 Å². The third kappa shape index (κ3) is 5.30. The number of ether oxygens (including phenoxy) is 1. The van der Waals surface area contributed by atoms with E-state index in [4.69, 9.17) is 11.6 Å². The Bertz CT molecular complexity index is 121. The molecule has 0 aliphatic carbocycles. The van der Waals surface area contributed by atoms with Gasteiger partial charge in [-0.1, -0.05) is 0 Å². The van der Waals surface area contributed by atoms with E-state index < -0.39 is 5.97 Å². The van der Waals surface area contributed by atoms with E-state index in [0.717, 1.165) is 0 Å². The van der Waals surface area contributed by atoms with Gasteiger partial charge in [0.15, 0.2) is 5.78 Å². The maximum absolute atomic E-state index is 10.2. The molecule has 0 fully saturated rings. The number of rotatable bonds is 3. The predicted molar refractivity (Wildman–Crippen MR) is 32.4 cm³/mol. The normalized spacial score (nSPS) is 8.67. The van der Waals surface area contributed by atoms with Crippen molar-refractivity contribution in [2.45, 2.75) is 6.92 Å². The smallest absolute Gasteiger partial charge is 0.321 e. The van der Waals surface area contributed by atoms with E-state index in [0.29, 0.717) is 0 Å². The van der Waals surface area contributed by atoms with Crippen LogP contribution in [0, 0.1) is 0 Å². The molecule has 0 N–H and O–H groups in total. The Morgan fingerprint density at radius 2 is 2.11 bits per heavy atom. The highest BCUT2D eigenvalue weighted by Gasteiger charge is 1.99. The second-order valence-corrected chi connectivity index (χ2v) is 1.76. The number of carbonyl (C=O) groups excluding carboxylic acids is 2. The second-order valence-electron chi connectivity index (χ2n) is 1.50. The molecule has 0 heterocycles. The maximum atomic E-state index is 10.2. The first-order valence-electron chi connectivity index (χ1n) is 2.38. The molecule has 0 aliphatic heterocycles. The minimum atomic E-state index is -0.563. The van der Waals surface area contributed by atoms with Crippen molar-refractivity contribution in [2.75, 3.05) is 12.5 Å². The van der Waals surface area contributed by atoms with E-state index in [1.165, 1.54) is 6.92 Å². The van der Waals surface area contributed by atoms with Crippen LogP contribution in [-0.2, 0) is 14.3 Å². The fourth-order valence-electron chi connectivity index (χ4n) is 0.221. The van der Waals surface area contributed by atoms with Crippen LogP contribution < -0.4 is 0 Å². The molecule has 0 spiro atoms. The van der Waals surface area contributed by atoms with E-state index in [1.807, 2.05) is 0 Å². The van der Waals surface area contributed by atoms with Gasteiger partial charge in [-0.25, -0.2) is 0 Å². The second kappa shape index (κ2) is 4.32. The molecule has 0 aromatic heterocycles. The predicted octanol–water partition coefficient (Wildman–Crippen LogP) is 0.357. The molecular weight excluding hydrogens is 144 g/mol. The van der Waals surface area contributed by atoms with Crippen LogP contribution in [0.4, 0.5) is 0 Å². The summed E-state index contributed by atoms with van der Waals surface area (Å²) < 4.78 is 4.33. The van der Waals surface area contributed by atoms with Gasteiger partial charge in [0.2, 0.25) is 0 Å². The molecule has 52 valence electrons. The van der Waals surface area contributed by atoms with E-state index >= 15 is 0 Å². The number of hydrogen-bond acceptors (Lipinski definition) is 3. The molecule has 9 heavy (non-hydrogen) atoms. The minimum Gasteiger partial charge on any atom is -0.457 e. The Labute approximate surface area is 57.9 Å². The van der Waals surface area contributed by atoms with Crippen LogP contribution in [0.2, 0.25) is 0 Å². The van der Waals surface area contributed by atoms with Gasteiger partial charge in [-0.05, 0) is 6.92 Å². The summed E-state index contributed by atoms with van der Waals surface area (Å²) in [5.74, 6) is -0.951. The van der Waals surface area contributed by atoms with Gasteiger partial charge in [-0.15, -0.1) is 11.6 Å². The monoisotopic (exact) mass is 150 g/mol. The lowest BCUT2D eigenvalue weighted by atomic mass is 10.5. The van der Waals surface area contributed by atoms with Gasteiger partial charge >= 0.3 is 5.97 Å². The summed E-state index contributed by atoms with van der Waals surface area (Å²) in [7, 11) is 0. The molecule has 0 aromatic carbocycles. The Balaban J connectivity index is 3.28. The lowest BCUT2D eigenvalue weighted by Gasteiger charge is -1.95.